The molecule has 12 heteroatoms. The third kappa shape index (κ3) is 5.61. The number of carboxylic acid groups (broad SMARTS) is 1. The van der Waals surface area contributed by atoms with Crippen LogP contribution in [0.4, 0.5) is 13.2 Å². The molecule has 3 aliphatic heterocycles. The molecule has 1 unspecified atom stereocenters. The number of halogens is 3. The number of hydrogen-bond acceptors (Lipinski definition) is 6. The Morgan fingerprint density at radius 2 is 1.82 bits per heavy atom. The van der Waals surface area contributed by atoms with Crippen LogP contribution in [-0.4, -0.2) is 75.7 Å². The fraction of sp³-hybridized carbons (Fsp3) is 0.500. The summed E-state index contributed by atoms with van der Waals surface area (Å²) in [4.78, 5) is 26.4. The highest BCUT2D eigenvalue weighted by molar-refractivity contribution is 5.79. The van der Waals surface area contributed by atoms with Crippen molar-refractivity contribution in [1.29, 1.82) is 0 Å². The summed E-state index contributed by atoms with van der Waals surface area (Å²) >= 11 is 0. The second-order valence-electron chi connectivity index (χ2n) is 8.37. The van der Waals surface area contributed by atoms with Gasteiger partial charge in [0.2, 0.25) is 12.7 Å². The largest absolute Gasteiger partial charge is 0.490 e. The smallest absolute Gasteiger partial charge is 0.475 e. The van der Waals surface area contributed by atoms with Crippen LogP contribution in [0.3, 0.4) is 0 Å². The number of rotatable bonds is 4. The van der Waals surface area contributed by atoms with E-state index in [2.05, 4.69) is 14.7 Å². The number of likely N-dealkylation sites (tertiary alicyclic amines) is 1. The Morgan fingerprint density at radius 3 is 2.53 bits per heavy atom. The average molecular weight is 482 g/mol. The number of hydrogen-bond donors (Lipinski definition) is 1. The Kier molecular flexibility index (Phi) is 6.96. The molecule has 1 atom stereocenters. The minimum atomic E-state index is -5.08. The van der Waals surface area contributed by atoms with Gasteiger partial charge in [0.25, 0.3) is 0 Å². The second kappa shape index (κ2) is 9.92. The van der Waals surface area contributed by atoms with Gasteiger partial charge in [-0.05, 0) is 49.7 Å². The minimum Gasteiger partial charge on any atom is -0.475 e. The van der Waals surface area contributed by atoms with Crippen LogP contribution >= 0.6 is 0 Å². The van der Waals surface area contributed by atoms with Crippen LogP contribution < -0.4 is 9.47 Å². The predicted molar refractivity (Wildman–Crippen MR) is 112 cm³/mol. The van der Waals surface area contributed by atoms with Crippen molar-refractivity contribution in [2.45, 2.75) is 38.0 Å². The summed E-state index contributed by atoms with van der Waals surface area (Å²) < 4.78 is 44.6. The van der Waals surface area contributed by atoms with E-state index in [1.54, 1.807) is 0 Å². The maximum atomic E-state index is 13.0. The standard InChI is InChI=1S/C20H24N4O3.C2HF3O2/c25-20(10-15-3-4-18-19(9-15)27-14-26-18)23-12-16-5-6-21-24(16)17(13-23)11-22-7-1-2-8-22;3-2(4,5)1(6)7/h3-6,9,17H,1-2,7-8,10-14H2;(H,6,7). The highest BCUT2D eigenvalue weighted by Gasteiger charge is 2.38. The molecule has 0 saturated carbocycles. The maximum absolute atomic E-state index is 13.0. The highest BCUT2D eigenvalue weighted by Crippen LogP contribution is 2.33. The van der Waals surface area contributed by atoms with Crippen LogP contribution in [0.1, 0.15) is 30.1 Å². The first-order valence-corrected chi connectivity index (χ1v) is 10.9. The van der Waals surface area contributed by atoms with Gasteiger partial charge in [0, 0.05) is 19.3 Å². The zero-order valence-electron chi connectivity index (χ0n) is 18.3. The molecule has 1 fully saturated rings. The summed E-state index contributed by atoms with van der Waals surface area (Å²) in [7, 11) is 0. The molecule has 1 N–H and O–H groups in total. The van der Waals surface area contributed by atoms with Gasteiger partial charge in [0.1, 0.15) is 0 Å². The van der Waals surface area contributed by atoms with E-state index in [1.165, 1.54) is 12.8 Å². The molecular weight excluding hydrogens is 457 g/mol. The molecule has 1 amide bonds. The molecule has 34 heavy (non-hydrogen) atoms. The van der Waals surface area contributed by atoms with E-state index in [0.717, 1.165) is 42.4 Å². The van der Waals surface area contributed by atoms with Gasteiger partial charge in [-0.2, -0.15) is 18.3 Å². The van der Waals surface area contributed by atoms with Crippen molar-refractivity contribution >= 4 is 11.9 Å². The monoisotopic (exact) mass is 482 g/mol. The Morgan fingerprint density at radius 1 is 1.12 bits per heavy atom. The van der Waals surface area contributed by atoms with Gasteiger partial charge >= 0.3 is 12.1 Å². The Hall–Kier alpha value is -3.28. The molecule has 5 rings (SSSR count). The average Bonchev–Trinajstić information content (AvgIpc) is 3.54. The summed E-state index contributed by atoms with van der Waals surface area (Å²) in [6.45, 7) is 4.86. The van der Waals surface area contributed by atoms with Crippen molar-refractivity contribution in [3.05, 3.63) is 41.7 Å². The maximum Gasteiger partial charge on any atom is 0.490 e. The first-order chi connectivity index (χ1) is 16.2. The van der Waals surface area contributed by atoms with E-state index in [-0.39, 0.29) is 18.7 Å². The summed E-state index contributed by atoms with van der Waals surface area (Å²) in [5.74, 6) is -1.14. The van der Waals surface area contributed by atoms with Crippen LogP contribution in [0.2, 0.25) is 0 Å². The zero-order valence-corrected chi connectivity index (χ0v) is 18.3. The number of nitrogens with zero attached hydrogens (tertiary/aromatic N) is 4. The Bertz CT molecular complexity index is 1040. The third-order valence-corrected chi connectivity index (χ3v) is 5.94. The topological polar surface area (TPSA) is 97.1 Å². The van der Waals surface area contributed by atoms with E-state index in [9.17, 15) is 18.0 Å². The number of carbonyl (C=O) groups is 2. The molecule has 1 aromatic carbocycles. The first-order valence-electron chi connectivity index (χ1n) is 10.9. The van der Waals surface area contributed by atoms with Crippen molar-refractivity contribution in [3.8, 4) is 11.5 Å². The zero-order chi connectivity index (χ0) is 24.3. The van der Waals surface area contributed by atoms with Crippen LogP contribution in [0.15, 0.2) is 30.5 Å². The predicted octanol–water partition coefficient (Wildman–Crippen LogP) is 2.47. The van der Waals surface area contributed by atoms with Crippen molar-refractivity contribution in [2.75, 3.05) is 33.0 Å². The molecule has 0 aliphatic carbocycles. The Labute approximate surface area is 193 Å². The summed E-state index contributed by atoms with van der Waals surface area (Å²) in [5, 5.41) is 11.6. The van der Waals surface area contributed by atoms with Gasteiger partial charge in [-0.25, -0.2) is 4.79 Å². The van der Waals surface area contributed by atoms with Crippen molar-refractivity contribution in [2.24, 2.45) is 0 Å². The van der Waals surface area contributed by atoms with Crippen molar-refractivity contribution < 1.29 is 37.3 Å². The molecule has 184 valence electrons. The SMILES string of the molecule is O=C(Cc1ccc2c(c1)OCO2)N1Cc2ccnn2C(CN2CCCC2)C1.O=C(O)C(F)(F)F. The lowest BCUT2D eigenvalue weighted by molar-refractivity contribution is -0.192. The number of fused-ring (bicyclic) bond motifs is 2. The second-order valence-corrected chi connectivity index (χ2v) is 8.37. The summed E-state index contributed by atoms with van der Waals surface area (Å²) in [6.07, 6.45) is -0.323. The molecule has 3 aliphatic rings. The van der Waals surface area contributed by atoms with E-state index >= 15 is 0 Å². The number of carbonyl (C=O) groups excluding carboxylic acids is 1. The van der Waals surface area contributed by atoms with Gasteiger partial charge in [-0.1, -0.05) is 6.07 Å². The lowest BCUT2D eigenvalue weighted by atomic mass is 10.1. The van der Waals surface area contributed by atoms with Crippen LogP contribution in [0, 0.1) is 0 Å². The third-order valence-electron chi connectivity index (χ3n) is 5.94. The van der Waals surface area contributed by atoms with Gasteiger partial charge in [-0.3, -0.25) is 9.48 Å². The molecule has 0 spiro atoms. The fourth-order valence-electron chi connectivity index (χ4n) is 4.31. The normalized spacial score (nSPS) is 19.4. The van der Waals surface area contributed by atoms with Crippen LogP contribution in [0.5, 0.6) is 11.5 Å². The minimum absolute atomic E-state index is 0.146. The van der Waals surface area contributed by atoms with E-state index in [4.69, 9.17) is 19.4 Å². The van der Waals surface area contributed by atoms with Crippen molar-refractivity contribution in [1.82, 2.24) is 19.6 Å². The number of aromatic nitrogens is 2. The van der Waals surface area contributed by atoms with Gasteiger partial charge in [0.05, 0.1) is 24.7 Å². The molecule has 2 aromatic rings. The fourth-order valence-corrected chi connectivity index (χ4v) is 4.31. The molecule has 0 radical (unpaired) electrons. The van der Waals surface area contributed by atoms with E-state index < -0.39 is 12.1 Å². The van der Waals surface area contributed by atoms with Gasteiger partial charge in [0.15, 0.2) is 11.5 Å². The lowest BCUT2D eigenvalue weighted by Gasteiger charge is -2.35. The van der Waals surface area contributed by atoms with Gasteiger partial charge < -0.3 is 24.4 Å². The molecular formula is C22H25F3N4O5. The number of carboxylic acids is 1. The van der Waals surface area contributed by atoms with Crippen molar-refractivity contribution in [3.63, 3.8) is 0 Å². The molecule has 4 heterocycles. The quantitative estimate of drug-likeness (QED) is 0.715. The number of ether oxygens (including phenoxy) is 2. The number of benzene rings is 1. The number of alkyl halides is 3. The molecule has 1 aromatic heterocycles. The number of aliphatic carboxylic acids is 1. The Balaban J connectivity index is 0.000000344. The van der Waals surface area contributed by atoms with Crippen LogP contribution in [-0.2, 0) is 22.6 Å². The number of amides is 1. The summed E-state index contributed by atoms with van der Waals surface area (Å²) in [6, 6.07) is 7.99. The molecule has 0 bridgehead atoms. The summed E-state index contributed by atoms with van der Waals surface area (Å²) in [5.41, 5.74) is 2.07. The lowest BCUT2D eigenvalue weighted by Crippen LogP contribution is -2.45. The molecule has 9 nitrogen and oxygen atoms in total. The highest BCUT2D eigenvalue weighted by atomic mass is 19.4. The molecule has 1 saturated heterocycles. The van der Waals surface area contributed by atoms with Crippen LogP contribution in [0.25, 0.3) is 0 Å². The first kappa shape index (κ1) is 23.9. The van der Waals surface area contributed by atoms with Gasteiger partial charge in [-0.15, -0.1) is 0 Å². The van der Waals surface area contributed by atoms with E-state index in [0.29, 0.717) is 19.5 Å². The van der Waals surface area contributed by atoms with E-state index in [1.807, 2.05) is 35.4 Å².